The Bertz CT molecular complexity index is 851. The predicted molar refractivity (Wildman–Crippen MR) is 92.8 cm³/mol. The number of hydrogen-bond acceptors (Lipinski definition) is 6. The number of anilines is 1. The zero-order chi connectivity index (χ0) is 17.3. The van der Waals surface area contributed by atoms with Gasteiger partial charge in [-0.1, -0.05) is 18.2 Å². The minimum Gasteiger partial charge on any atom is -0.378 e. The van der Waals surface area contributed by atoms with Crippen molar-refractivity contribution in [1.82, 2.24) is 14.3 Å². The molecule has 25 heavy (non-hydrogen) atoms. The average molecular weight is 360 g/mol. The normalized spacial score (nSPS) is 18.8. The van der Waals surface area contributed by atoms with E-state index in [0.29, 0.717) is 37.0 Å². The third kappa shape index (κ3) is 3.24. The van der Waals surface area contributed by atoms with Gasteiger partial charge < -0.3 is 9.64 Å². The zero-order valence-electron chi connectivity index (χ0n) is 13.8. The van der Waals surface area contributed by atoms with E-state index in [1.807, 2.05) is 12.3 Å². The van der Waals surface area contributed by atoms with E-state index < -0.39 is 10.0 Å². The van der Waals surface area contributed by atoms with Crippen LogP contribution in [0.4, 0.5) is 5.95 Å². The molecule has 0 bridgehead atoms. The van der Waals surface area contributed by atoms with E-state index in [2.05, 4.69) is 14.9 Å². The van der Waals surface area contributed by atoms with Gasteiger partial charge in [-0.25, -0.2) is 18.4 Å². The molecule has 7 nitrogen and oxygen atoms in total. The molecule has 0 N–H and O–H groups in total. The molecule has 8 heteroatoms. The molecular formula is C17H20N4O3S. The molecule has 0 aliphatic carbocycles. The molecule has 132 valence electrons. The van der Waals surface area contributed by atoms with Crippen LogP contribution in [0.1, 0.15) is 11.3 Å². The van der Waals surface area contributed by atoms with Crippen LogP contribution >= 0.6 is 0 Å². The first-order chi connectivity index (χ1) is 12.1. The van der Waals surface area contributed by atoms with Gasteiger partial charge in [0, 0.05) is 25.8 Å². The van der Waals surface area contributed by atoms with Gasteiger partial charge in [0.05, 0.1) is 30.3 Å². The lowest BCUT2D eigenvalue weighted by molar-refractivity contribution is 0.122. The molecule has 0 radical (unpaired) electrons. The van der Waals surface area contributed by atoms with Crippen LogP contribution in [0.5, 0.6) is 0 Å². The van der Waals surface area contributed by atoms with Crippen molar-refractivity contribution >= 4 is 16.0 Å². The molecule has 0 saturated carbocycles. The fourth-order valence-corrected chi connectivity index (χ4v) is 4.55. The first kappa shape index (κ1) is 16.4. The van der Waals surface area contributed by atoms with Crippen LogP contribution in [0, 0.1) is 0 Å². The Morgan fingerprint density at radius 2 is 1.80 bits per heavy atom. The predicted octanol–water partition coefficient (Wildman–Crippen LogP) is 1.06. The fraction of sp³-hybridized carbons (Fsp3) is 0.412. The SMILES string of the molecule is O=S(=O)(c1ccccc1)N1CCc2cnc(N3CCOCC3)nc2C1. The lowest BCUT2D eigenvalue weighted by Gasteiger charge is -2.30. The maximum atomic E-state index is 12.8. The molecule has 1 saturated heterocycles. The van der Waals surface area contributed by atoms with E-state index in [1.165, 1.54) is 4.31 Å². The van der Waals surface area contributed by atoms with Crippen molar-refractivity contribution in [2.45, 2.75) is 17.9 Å². The van der Waals surface area contributed by atoms with Crippen LogP contribution in [-0.2, 0) is 27.7 Å². The Morgan fingerprint density at radius 1 is 1.04 bits per heavy atom. The maximum absolute atomic E-state index is 12.8. The molecule has 4 rings (SSSR count). The molecule has 0 unspecified atom stereocenters. The molecule has 2 aromatic rings. The van der Waals surface area contributed by atoms with Crippen LogP contribution in [0.2, 0.25) is 0 Å². The van der Waals surface area contributed by atoms with Gasteiger partial charge in [-0.15, -0.1) is 0 Å². The second kappa shape index (κ2) is 6.70. The summed E-state index contributed by atoms with van der Waals surface area (Å²) in [6, 6.07) is 8.55. The van der Waals surface area contributed by atoms with Crippen LogP contribution in [-0.4, -0.2) is 55.5 Å². The van der Waals surface area contributed by atoms with Crippen LogP contribution in [0.3, 0.4) is 0 Å². The van der Waals surface area contributed by atoms with Crippen molar-refractivity contribution in [3.63, 3.8) is 0 Å². The quantitative estimate of drug-likeness (QED) is 0.815. The zero-order valence-corrected chi connectivity index (χ0v) is 14.7. The van der Waals surface area contributed by atoms with Crippen molar-refractivity contribution in [2.24, 2.45) is 0 Å². The van der Waals surface area contributed by atoms with Gasteiger partial charge in [0.15, 0.2) is 0 Å². The van der Waals surface area contributed by atoms with Gasteiger partial charge >= 0.3 is 0 Å². The third-order valence-corrected chi connectivity index (χ3v) is 6.43. The van der Waals surface area contributed by atoms with Crippen molar-refractivity contribution in [2.75, 3.05) is 37.7 Å². The van der Waals surface area contributed by atoms with Crippen molar-refractivity contribution in [3.8, 4) is 0 Å². The second-order valence-electron chi connectivity index (χ2n) is 6.14. The third-order valence-electron chi connectivity index (χ3n) is 4.57. The number of ether oxygens (including phenoxy) is 1. The van der Waals surface area contributed by atoms with Gasteiger partial charge in [-0.3, -0.25) is 0 Å². The lowest BCUT2D eigenvalue weighted by Crippen LogP contribution is -2.39. The minimum atomic E-state index is -3.50. The van der Waals surface area contributed by atoms with Gasteiger partial charge in [0.2, 0.25) is 16.0 Å². The summed E-state index contributed by atoms with van der Waals surface area (Å²) in [4.78, 5) is 11.5. The first-order valence-electron chi connectivity index (χ1n) is 8.37. The van der Waals surface area contributed by atoms with Gasteiger partial charge in [-0.05, 0) is 24.1 Å². The molecule has 1 fully saturated rings. The molecule has 3 heterocycles. The summed E-state index contributed by atoms with van der Waals surface area (Å²) in [5.41, 5.74) is 1.82. The minimum absolute atomic E-state index is 0.284. The van der Waals surface area contributed by atoms with Gasteiger partial charge in [0.1, 0.15) is 0 Å². The fourth-order valence-electron chi connectivity index (χ4n) is 3.13. The lowest BCUT2D eigenvalue weighted by atomic mass is 10.1. The number of fused-ring (bicyclic) bond motifs is 1. The number of benzene rings is 1. The van der Waals surface area contributed by atoms with E-state index in [-0.39, 0.29) is 6.54 Å². The number of nitrogens with zero attached hydrogens (tertiary/aromatic N) is 4. The Morgan fingerprint density at radius 3 is 2.56 bits per heavy atom. The molecule has 2 aliphatic heterocycles. The molecule has 1 aromatic carbocycles. The summed E-state index contributed by atoms with van der Waals surface area (Å²) >= 11 is 0. The Balaban J connectivity index is 1.60. The molecular weight excluding hydrogens is 340 g/mol. The average Bonchev–Trinajstić information content (AvgIpc) is 2.68. The van der Waals surface area contributed by atoms with Crippen molar-refractivity contribution < 1.29 is 13.2 Å². The molecule has 2 aliphatic rings. The highest BCUT2D eigenvalue weighted by Gasteiger charge is 2.29. The second-order valence-corrected chi connectivity index (χ2v) is 8.08. The number of aromatic nitrogens is 2. The van der Waals surface area contributed by atoms with Gasteiger partial charge in [0.25, 0.3) is 0 Å². The Hall–Kier alpha value is -2.03. The molecule has 0 spiro atoms. The van der Waals surface area contributed by atoms with Crippen molar-refractivity contribution in [1.29, 1.82) is 0 Å². The standard InChI is InChI=1S/C17H20N4O3S/c22-25(23,15-4-2-1-3-5-15)21-7-6-14-12-18-17(19-16(14)13-21)20-8-10-24-11-9-20/h1-5,12H,6-11,13H2. The summed E-state index contributed by atoms with van der Waals surface area (Å²) in [6.07, 6.45) is 2.46. The number of hydrogen-bond donors (Lipinski definition) is 0. The van der Waals surface area contributed by atoms with Gasteiger partial charge in [-0.2, -0.15) is 4.31 Å². The molecule has 1 aromatic heterocycles. The largest absolute Gasteiger partial charge is 0.378 e. The maximum Gasteiger partial charge on any atom is 0.243 e. The van der Waals surface area contributed by atoms with E-state index in [0.717, 1.165) is 24.3 Å². The van der Waals surface area contributed by atoms with E-state index >= 15 is 0 Å². The Labute approximate surface area is 147 Å². The first-order valence-corrected chi connectivity index (χ1v) is 9.81. The summed E-state index contributed by atoms with van der Waals surface area (Å²) in [6.45, 7) is 3.57. The van der Waals surface area contributed by atoms with Crippen LogP contribution in [0.25, 0.3) is 0 Å². The van der Waals surface area contributed by atoms with E-state index in [9.17, 15) is 8.42 Å². The summed E-state index contributed by atoms with van der Waals surface area (Å²) in [5.74, 6) is 0.654. The van der Waals surface area contributed by atoms with E-state index in [4.69, 9.17) is 4.74 Å². The number of sulfonamides is 1. The highest BCUT2D eigenvalue weighted by Crippen LogP contribution is 2.24. The van der Waals surface area contributed by atoms with Crippen LogP contribution in [0.15, 0.2) is 41.4 Å². The summed E-state index contributed by atoms with van der Waals surface area (Å²) in [5, 5.41) is 0. The van der Waals surface area contributed by atoms with Crippen molar-refractivity contribution in [3.05, 3.63) is 47.8 Å². The highest BCUT2D eigenvalue weighted by molar-refractivity contribution is 7.89. The number of rotatable bonds is 3. The topological polar surface area (TPSA) is 75.6 Å². The summed E-state index contributed by atoms with van der Waals surface area (Å²) in [7, 11) is -3.50. The van der Waals surface area contributed by atoms with E-state index in [1.54, 1.807) is 24.3 Å². The molecule has 0 amide bonds. The van der Waals surface area contributed by atoms with Crippen LogP contribution < -0.4 is 4.90 Å². The monoisotopic (exact) mass is 360 g/mol. The highest BCUT2D eigenvalue weighted by atomic mass is 32.2. The number of morpholine rings is 1. The summed E-state index contributed by atoms with van der Waals surface area (Å²) < 4.78 is 32.5. The Kier molecular flexibility index (Phi) is 4.41. The molecule has 0 atom stereocenters. The smallest absolute Gasteiger partial charge is 0.243 e.